The molecule has 0 fully saturated rings. The maximum Gasteiger partial charge on any atom is 0.341 e. The van der Waals surface area contributed by atoms with Crippen LogP contribution in [-0.2, 0) is 19.4 Å². The van der Waals surface area contributed by atoms with Crippen LogP contribution in [-0.4, -0.2) is 15.2 Å². The second-order valence-corrected chi connectivity index (χ2v) is 4.11. The molecule has 2 aromatic rings. The zero-order chi connectivity index (χ0) is 13.7. The molecule has 2 N–H and O–H groups in total. The summed E-state index contributed by atoms with van der Waals surface area (Å²) in [6, 6.07) is 7.86. The molecule has 5 heteroatoms. The van der Waals surface area contributed by atoms with Gasteiger partial charge in [-0.15, -0.1) is 5.10 Å². The number of nitrogens with zero attached hydrogens (tertiary/aromatic N) is 3. The zero-order valence-corrected chi connectivity index (χ0v) is 11.3. The van der Waals surface area contributed by atoms with E-state index >= 15 is 0 Å². The van der Waals surface area contributed by atoms with Crippen molar-refractivity contribution in [1.29, 1.82) is 0 Å². The Morgan fingerprint density at radius 1 is 1.05 bits per heavy atom. The van der Waals surface area contributed by atoms with Gasteiger partial charge in [-0.2, -0.15) is 4.98 Å². The largest absolute Gasteiger partial charge is 0.423 e. The number of benzene rings is 1. The Kier molecular flexibility index (Phi) is 4.41. The first kappa shape index (κ1) is 13.4. The molecular formula is C14H18N4O. The minimum Gasteiger partial charge on any atom is -0.423 e. The monoisotopic (exact) mass is 258 g/mol. The number of ether oxygens (including phenoxy) is 1. The summed E-state index contributed by atoms with van der Waals surface area (Å²) in [7, 11) is 0. The average Bonchev–Trinajstić information content (AvgIpc) is 2.47. The summed E-state index contributed by atoms with van der Waals surface area (Å²) in [6.07, 6.45) is 1.64. The second-order valence-electron chi connectivity index (χ2n) is 4.11. The van der Waals surface area contributed by atoms with E-state index in [-0.39, 0.29) is 6.01 Å². The lowest BCUT2D eigenvalue weighted by molar-refractivity contribution is 0.424. The minimum atomic E-state index is 0.273. The Morgan fingerprint density at radius 3 is 2.47 bits per heavy atom. The van der Waals surface area contributed by atoms with E-state index < -0.39 is 0 Å². The molecule has 0 bridgehead atoms. The second kappa shape index (κ2) is 6.24. The number of para-hydroxylation sites is 1. The van der Waals surface area contributed by atoms with Gasteiger partial charge in [-0.3, -0.25) is 0 Å². The fourth-order valence-electron chi connectivity index (χ4n) is 1.83. The molecule has 0 saturated heterocycles. The zero-order valence-electron chi connectivity index (χ0n) is 11.3. The summed E-state index contributed by atoms with van der Waals surface area (Å²) in [5.41, 5.74) is 8.44. The number of hydrogen-bond acceptors (Lipinski definition) is 5. The Bertz CT molecular complexity index is 557. The lowest BCUT2D eigenvalue weighted by Gasteiger charge is -2.09. The Morgan fingerprint density at radius 2 is 1.79 bits per heavy atom. The van der Waals surface area contributed by atoms with E-state index in [1.807, 2.05) is 38.1 Å². The minimum absolute atomic E-state index is 0.273. The van der Waals surface area contributed by atoms with E-state index in [4.69, 9.17) is 10.5 Å². The quantitative estimate of drug-likeness (QED) is 0.890. The molecule has 1 aromatic heterocycles. The van der Waals surface area contributed by atoms with Crippen LogP contribution < -0.4 is 10.5 Å². The predicted molar refractivity (Wildman–Crippen MR) is 73.0 cm³/mol. The van der Waals surface area contributed by atoms with Crippen LogP contribution in [0.5, 0.6) is 11.8 Å². The van der Waals surface area contributed by atoms with Crippen LogP contribution in [0, 0.1) is 0 Å². The lowest BCUT2D eigenvalue weighted by atomic mass is 10.2. The number of nitrogens with two attached hydrogens (primary N) is 1. The molecule has 1 aromatic carbocycles. The van der Waals surface area contributed by atoms with Crippen molar-refractivity contribution in [3.05, 3.63) is 41.2 Å². The number of rotatable bonds is 5. The van der Waals surface area contributed by atoms with Crippen molar-refractivity contribution in [3.63, 3.8) is 0 Å². The van der Waals surface area contributed by atoms with Crippen LogP contribution >= 0.6 is 0 Å². The molecule has 0 aliphatic heterocycles. The fourth-order valence-corrected chi connectivity index (χ4v) is 1.83. The highest BCUT2D eigenvalue weighted by Gasteiger charge is 2.09. The molecule has 0 unspecified atom stereocenters. The van der Waals surface area contributed by atoms with Gasteiger partial charge >= 0.3 is 6.01 Å². The van der Waals surface area contributed by atoms with E-state index in [2.05, 4.69) is 15.2 Å². The van der Waals surface area contributed by atoms with Gasteiger partial charge in [0.25, 0.3) is 0 Å². The third-order valence-electron chi connectivity index (χ3n) is 2.88. The van der Waals surface area contributed by atoms with Gasteiger partial charge in [0, 0.05) is 12.1 Å². The third-order valence-corrected chi connectivity index (χ3v) is 2.88. The van der Waals surface area contributed by atoms with E-state index in [1.54, 1.807) is 0 Å². The molecule has 0 atom stereocenters. The van der Waals surface area contributed by atoms with Crippen molar-refractivity contribution >= 4 is 0 Å². The summed E-state index contributed by atoms with van der Waals surface area (Å²) < 4.78 is 5.68. The Hall–Kier alpha value is -2.01. The molecular weight excluding hydrogens is 240 g/mol. The van der Waals surface area contributed by atoms with Crippen molar-refractivity contribution in [2.24, 2.45) is 5.73 Å². The van der Waals surface area contributed by atoms with Crippen LogP contribution in [0.25, 0.3) is 0 Å². The maximum atomic E-state index is 5.68. The van der Waals surface area contributed by atoms with Crippen molar-refractivity contribution in [2.75, 3.05) is 0 Å². The number of aromatic nitrogens is 3. The molecule has 5 nitrogen and oxygen atoms in total. The Labute approximate surface area is 112 Å². The summed E-state index contributed by atoms with van der Waals surface area (Å²) in [5, 5.41) is 8.16. The van der Waals surface area contributed by atoms with Gasteiger partial charge in [-0.1, -0.05) is 37.1 Å². The highest BCUT2D eigenvalue weighted by molar-refractivity contribution is 5.34. The van der Waals surface area contributed by atoms with Gasteiger partial charge in [0.2, 0.25) is 0 Å². The van der Waals surface area contributed by atoms with E-state index in [9.17, 15) is 0 Å². The number of aryl methyl sites for hydroxylation is 2. The fraction of sp³-hybridized carbons (Fsp3) is 0.357. The number of hydrogen-bond donors (Lipinski definition) is 1. The smallest absolute Gasteiger partial charge is 0.341 e. The van der Waals surface area contributed by atoms with Crippen molar-refractivity contribution in [2.45, 2.75) is 33.2 Å². The Balaban J connectivity index is 2.28. The third kappa shape index (κ3) is 3.06. The highest BCUT2D eigenvalue weighted by Crippen LogP contribution is 2.22. The van der Waals surface area contributed by atoms with Crippen LogP contribution in [0.4, 0.5) is 0 Å². The molecule has 0 radical (unpaired) electrons. The van der Waals surface area contributed by atoms with Gasteiger partial charge in [0.15, 0.2) is 0 Å². The van der Waals surface area contributed by atoms with E-state index in [0.29, 0.717) is 12.3 Å². The summed E-state index contributed by atoms with van der Waals surface area (Å²) in [4.78, 5) is 4.40. The van der Waals surface area contributed by atoms with Crippen molar-refractivity contribution in [3.8, 4) is 11.8 Å². The van der Waals surface area contributed by atoms with E-state index in [0.717, 1.165) is 29.8 Å². The van der Waals surface area contributed by atoms with Crippen LogP contribution in [0.2, 0.25) is 0 Å². The lowest BCUT2D eigenvalue weighted by Crippen LogP contribution is -2.06. The molecule has 2 rings (SSSR count). The first-order valence-electron chi connectivity index (χ1n) is 6.46. The topological polar surface area (TPSA) is 73.9 Å². The van der Waals surface area contributed by atoms with Crippen molar-refractivity contribution in [1.82, 2.24) is 15.2 Å². The maximum absolute atomic E-state index is 5.68. The van der Waals surface area contributed by atoms with E-state index in [1.165, 1.54) is 0 Å². The molecule has 0 spiro atoms. The standard InChI is InChI=1S/C14H18N4O/c1-3-11-12(4-2)17-18-14(16-11)19-13-8-6-5-7-10(13)9-15/h5-8H,3-4,9,15H2,1-2H3. The van der Waals surface area contributed by atoms with Crippen LogP contribution in [0.3, 0.4) is 0 Å². The first-order valence-corrected chi connectivity index (χ1v) is 6.46. The predicted octanol–water partition coefficient (Wildman–Crippen LogP) is 2.25. The first-order chi connectivity index (χ1) is 9.28. The highest BCUT2D eigenvalue weighted by atomic mass is 16.5. The molecule has 1 heterocycles. The van der Waals surface area contributed by atoms with Gasteiger partial charge < -0.3 is 10.5 Å². The molecule has 0 aliphatic rings. The van der Waals surface area contributed by atoms with Gasteiger partial charge in [-0.05, 0) is 18.9 Å². The molecule has 100 valence electrons. The normalized spacial score (nSPS) is 10.5. The van der Waals surface area contributed by atoms with Crippen molar-refractivity contribution < 1.29 is 4.74 Å². The molecule has 0 amide bonds. The van der Waals surface area contributed by atoms with Gasteiger partial charge in [0.05, 0.1) is 11.4 Å². The SMILES string of the molecule is CCc1nnc(Oc2ccccc2CN)nc1CC. The molecule has 0 aliphatic carbocycles. The molecule has 0 saturated carbocycles. The average molecular weight is 258 g/mol. The van der Waals surface area contributed by atoms with Gasteiger partial charge in [0.1, 0.15) is 5.75 Å². The van der Waals surface area contributed by atoms with Crippen LogP contribution in [0.1, 0.15) is 30.8 Å². The summed E-state index contributed by atoms with van der Waals surface area (Å²) in [5.74, 6) is 0.679. The summed E-state index contributed by atoms with van der Waals surface area (Å²) >= 11 is 0. The molecule has 19 heavy (non-hydrogen) atoms. The van der Waals surface area contributed by atoms with Crippen LogP contribution in [0.15, 0.2) is 24.3 Å². The van der Waals surface area contributed by atoms with Gasteiger partial charge in [-0.25, -0.2) is 0 Å². The summed E-state index contributed by atoms with van der Waals surface area (Å²) in [6.45, 7) is 4.49.